The third kappa shape index (κ3) is 3.34. The summed E-state index contributed by atoms with van der Waals surface area (Å²) in [5.41, 5.74) is 2.77. The summed E-state index contributed by atoms with van der Waals surface area (Å²) in [6, 6.07) is 15.9. The molecule has 5 nitrogen and oxygen atoms in total. The second-order valence-corrected chi connectivity index (χ2v) is 9.09. The molecule has 1 saturated heterocycles. The number of aliphatic hydroxyl groups is 1. The molecular formula is C23H25N3O2S. The molecule has 1 aromatic heterocycles. The van der Waals surface area contributed by atoms with Gasteiger partial charge < -0.3 is 14.6 Å². The minimum Gasteiger partial charge on any atom is -0.391 e. The number of amides is 1. The Bertz CT molecular complexity index is 1030. The third-order valence-electron chi connectivity index (χ3n) is 6.57. The molecule has 2 aliphatic rings. The van der Waals surface area contributed by atoms with Crippen LogP contribution in [0.4, 0.5) is 0 Å². The molecule has 1 amide bonds. The predicted molar refractivity (Wildman–Crippen MR) is 115 cm³/mol. The van der Waals surface area contributed by atoms with E-state index in [-0.39, 0.29) is 11.9 Å². The van der Waals surface area contributed by atoms with Crippen molar-refractivity contribution in [1.82, 2.24) is 14.5 Å². The zero-order valence-electron chi connectivity index (χ0n) is 16.4. The fourth-order valence-corrected chi connectivity index (χ4v) is 5.44. The van der Waals surface area contributed by atoms with E-state index in [2.05, 4.69) is 15.6 Å². The zero-order chi connectivity index (χ0) is 20.0. The van der Waals surface area contributed by atoms with Gasteiger partial charge in [0, 0.05) is 23.5 Å². The van der Waals surface area contributed by atoms with E-state index in [1.807, 2.05) is 59.9 Å². The average Bonchev–Trinajstić information content (AvgIpc) is 3.36. The SMILES string of the molecule is CSc1ccc(C(=O)N2C[C@H]3C[C@@H](n4cnc5ccccc54)[C@H](O)C[C@H]3C2)cc1. The highest BCUT2D eigenvalue weighted by Gasteiger charge is 2.43. The Morgan fingerprint density at radius 2 is 1.79 bits per heavy atom. The number of hydrogen-bond acceptors (Lipinski definition) is 4. The molecule has 150 valence electrons. The van der Waals surface area contributed by atoms with Crippen molar-refractivity contribution in [3.63, 3.8) is 0 Å². The minimum atomic E-state index is -0.412. The lowest BCUT2D eigenvalue weighted by Crippen LogP contribution is -2.36. The first kappa shape index (κ1) is 18.7. The second kappa shape index (κ2) is 7.50. The normalized spacial score (nSPS) is 26.6. The second-order valence-electron chi connectivity index (χ2n) is 8.21. The Morgan fingerprint density at radius 3 is 2.55 bits per heavy atom. The van der Waals surface area contributed by atoms with E-state index in [1.165, 1.54) is 0 Å². The van der Waals surface area contributed by atoms with Gasteiger partial charge in [-0.25, -0.2) is 4.98 Å². The van der Waals surface area contributed by atoms with Crippen molar-refractivity contribution in [2.75, 3.05) is 19.3 Å². The van der Waals surface area contributed by atoms with Crippen LogP contribution in [0, 0.1) is 11.8 Å². The molecule has 1 aliphatic carbocycles. The number of aromatic nitrogens is 2. The topological polar surface area (TPSA) is 58.4 Å². The quantitative estimate of drug-likeness (QED) is 0.670. The van der Waals surface area contributed by atoms with Crippen LogP contribution in [0.25, 0.3) is 11.0 Å². The molecule has 1 aliphatic heterocycles. The molecule has 0 radical (unpaired) electrons. The predicted octanol–water partition coefficient (Wildman–Crippen LogP) is 3.84. The number of rotatable bonds is 3. The van der Waals surface area contributed by atoms with Crippen molar-refractivity contribution in [3.05, 3.63) is 60.4 Å². The van der Waals surface area contributed by atoms with Gasteiger partial charge in [-0.1, -0.05) is 12.1 Å². The maximum absolute atomic E-state index is 13.0. The summed E-state index contributed by atoms with van der Waals surface area (Å²) in [4.78, 5) is 20.6. The van der Waals surface area contributed by atoms with E-state index in [4.69, 9.17) is 0 Å². The molecule has 29 heavy (non-hydrogen) atoms. The average molecular weight is 408 g/mol. The van der Waals surface area contributed by atoms with Crippen molar-refractivity contribution in [1.29, 1.82) is 0 Å². The number of imidazole rings is 1. The molecule has 4 atom stereocenters. The lowest BCUT2D eigenvalue weighted by atomic mass is 9.77. The monoisotopic (exact) mass is 407 g/mol. The van der Waals surface area contributed by atoms with Crippen LogP contribution in [-0.2, 0) is 0 Å². The Balaban J connectivity index is 1.33. The van der Waals surface area contributed by atoms with Crippen molar-refractivity contribution in [2.45, 2.75) is 29.9 Å². The van der Waals surface area contributed by atoms with E-state index >= 15 is 0 Å². The first-order chi connectivity index (χ1) is 14.1. The van der Waals surface area contributed by atoms with Crippen LogP contribution in [0.5, 0.6) is 0 Å². The molecule has 5 rings (SSSR count). The number of carbonyl (C=O) groups excluding carboxylic acids is 1. The highest BCUT2D eigenvalue weighted by atomic mass is 32.2. The molecule has 1 saturated carbocycles. The van der Waals surface area contributed by atoms with Crippen LogP contribution in [0.2, 0.25) is 0 Å². The molecule has 2 aromatic carbocycles. The molecule has 0 unspecified atom stereocenters. The van der Waals surface area contributed by atoms with Crippen LogP contribution in [0.15, 0.2) is 59.8 Å². The summed E-state index contributed by atoms with van der Waals surface area (Å²) in [5, 5.41) is 10.9. The summed E-state index contributed by atoms with van der Waals surface area (Å²) in [5.74, 6) is 0.885. The smallest absolute Gasteiger partial charge is 0.253 e. The summed E-state index contributed by atoms with van der Waals surface area (Å²) in [6.07, 6.45) is 5.08. The van der Waals surface area contributed by atoms with E-state index in [9.17, 15) is 9.90 Å². The number of aliphatic hydroxyl groups excluding tert-OH is 1. The molecule has 2 fully saturated rings. The molecule has 2 heterocycles. The summed E-state index contributed by atoms with van der Waals surface area (Å²) in [7, 11) is 0. The number of likely N-dealkylation sites (tertiary alicyclic amines) is 1. The number of fused-ring (bicyclic) bond motifs is 2. The lowest BCUT2D eigenvalue weighted by Gasteiger charge is -2.36. The van der Waals surface area contributed by atoms with E-state index < -0.39 is 6.10 Å². The Morgan fingerprint density at radius 1 is 1.07 bits per heavy atom. The number of carbonyl (C=O) groups is 1. The van der Waals surface area contributed by atoms with Gasteiger partial charge in [-0.2, -0.15) is 0 Å². The molecular weight excluding hydrogens is 382 g/mol. The summed E-state index contributed by atoms with van der Waals surface area (Å²) in [6.45, 7) is 1.51. The maximum atomic E-state index is 13.0. The van der Waals surface area contributed by atoms with Gasteiger partial charge in [-0.3, -0.25) is 4.79 Å². The highest BCUT2D eigenvalue weighted by molar-refractivity contribution is 7.98. The standard InChI is InChI=1S/C23H25N3O2S/c1-29-18-8-6-15(7-9-18)23(28)25-12-16-10-21(22(27)11-17(16)13-25)26-14-24-19-4-2-3-5-20(19)26/h2-9,14,16-17,21-22,27H,10-13H2,1H3/t16-,17+,21-,22-/m1/s1. The van der Waals surface area contributed by atoms with Gasteiger partial charge >= 0.3 is 0 Å². The molecule has 6 heteroatoms. The van der Waals surface area contributed by atoms with Gasteiger partial charge in [0.05, 0.1) is 29.5 Å². The highest BCUT2D eigenvalue weighted by Crippen LogP contribution is 2.42. The van der Waals surface area contributed by atoms with E-state index in [1.54, 1.807) is 11.8 Å². The van der Waals surface area contributed by atoms with Gasteiger partial charge in [0.1, 0.15) is 0 Å². The Kier molecular flexibility index (Phi) is 4.84. The third-order valence-corrected chi connectivity index (χ3v) is 7.32. The molecule has 3 aromatic rings. The minimum absolute atomic E-state index is 0.0135. The Labute approximate surface area is 174 Å². The fraction of sp³-hybridized carbons (Fsp3) is 0.391. The molecule has 0 spiro atoms. The van der Waals surface area contributed by atoms with E-state index in [0.717, 1.165) is 47.4 Å². The summed E-state index contributed by atoms with van der Waals surface area (Å²) >= 11 is 1.68. The first-order valence-electron chi connectivity index (χ1n) is 10.2. The largest absolute Gasteiger partial charge is 0.391 e. The number of hydrogen-bond donors (Lipinski definition) is 1. The fourth-order valence-electron chi connectivity index (χ4n) is 5.03. The number of para-hydroxylation sites is 2. The van der Waals surface area contributed by atoms with Crippen molar-refractivity contribution < 1.29 is 9.90 Å². The summed E-state index contributed by atoms with van der Waals surface area (Å²) < 4.78 is 2.13. The zero-order valence-corrected chi connectivity index (χ0v) is 17.3. The molecule has 0 bridgehead atoms. The van der Waals surface area contributed by atoms with Crippen LogP contribution in [-0.4, -0.2) is 50.9 Å². The number of benzene rings is 2. The first-order valence-corrected chi connectivity index (χ1v) is 11.4. The number of nitrogens with zero attached hydrogens (tertiary/aromatic N) is 3. The van der Waals surface area contributed by atoms with Crippen molar-refractivity contribution in [2.24, 2.45) is 11.8 Å². The van der Waals surface area contributed by atoms with Gasteiger partial charge in [-0.15, -0.1) is 11.8 Å². The van der Waals surface area contributed by atoms with Crippen LogP contribution in [0.3, 0.4) is 0 Å². The van der Waals surface area contributed by atoms with Crippen molar-refractivity contribution in [3.8, 4) is 0 Å². The number of thioether (sulfide) groups is 1. The van der Waals surface area contributed by atoms with Crippen LogP contribution in [0.1, 0.15) is 29.2 Å². The van der Waals surface area contributed by atoms with Crippen molar-refractivity contribution >= 4 is 28.7 Å². The lowest BCUT2D eigenvalue weighted by molar-refractivity contribution is 0.0374. The Hall–Kier alpha value is -2.31. The van der Waals surface area contributed by atoms with Gasteiger partial charge in [0.15, 0.2) is 0 Å². The van der Waals surface area contributed by atoms with Gasteiger partial charge in [0.25, 0.3) is 5.91 Å². The van der Waals surface area contributed by atoms with Crippen LogP contribution < -0.4 is 0 Å². The van der Waals surface area contributed by atoms with Gasteiger partial charge in [0.2, 0.25) is 0 Å². The molecule has 1 N–H and O–H groups in total. The van der Waals surface area contributed by atoms with Gasteiger partial charge in [-0.05, 0) is 67.3 Å². The van der Waals surface area contributed by atoms with Crippen LogP contribution >= 0.6 is 11.8 Å². The maximum Gasteiger partial charge on any atom is 0.253 e. The van der Waals surface area contributed by atoms with E-state index in [0.29, 0.717) is 11.8 Å².